The standard InChI is InChI=1S/C16H16FN7O/c17-14-4-1-13(2-5-14)3-6-16(25)22-15(7-23-11-18-9-20-23)8-24-12-19-10-21-24/h1-6,9-12,15H,7-8H2,(H,22,25). The Bertz CT molecular complexity index is 777. The second-order valence-electron chi connectivity index (χ2n) is 5.33. The van der Waals surface area contributed by atoms with E-state index in [0.717, 1.165) is 5.56 Å². The van der Waals surface area contributed by atoms with Gasteiger partial charge in [0.05, 0.1) is 19.1 Å². The molecular formula is C16H16FN7O. The molecular weight excluding hydrogens is 325 g/mol. The molecule has 0 fully saturated rings. The van der Waals surface area contributed by atoms with Crippen molar-refractivity contribution in [2.24, 2.45) is 0 Å². The lowest BCUT2D eigenvalue weighted by molar-refractivity contribution is -0.117. The molecule has 1 aromatic carbocycles. The van der Waals surface area contributed by atoms with Crippen LogP contribution < -0.4 is 5.32 Å². The Morgan fingerprint density at radius 3 is 2.20 bits per heavy atom. The van der Waals surface area contributed by atoms with Crippen LogP contribution in [0.1, 0.15) is 5.56 Å². The number of carbonyl (C=O) groups excluding carboxylic acids is 1. The lowest BCUT2D eigenvalue weighted by atomic mass is 10.2. The smallest absolute Gasteiger partial charge is 0.244 e. The molecule has 0 aliphatic carbocycles. The molecule has 0 saturated heterocycles. The molecule has 8 nitrogen and oxygen atoms in total. The summed E-state index contributed by atoms with van der Waals surface area (Å²) in [6, 6.07) is 5.63. The van der Waals surface area contributed by atoms with E-state index in [1.165, 1.54) is 30.9 Å². The van der Waals surface area contributed by atoms with Gasteiger partial charge in [0.1, 0.15) is 31.1 Å². The lowest BCUT2D eigenvalue weighted by Gasteiger charge is -2.17. The predicted molar refractivity (Wildman–Crippen MR) is 87.4 cm³/mol. The van der Waals surface area contributed by atoms with Crippen molar-refractivity contribution in [1.82, 2.24) is 34.8 Å². The number of rotatable bonds is 7. The zero-order valence-electron chi connectivity index (χ0n) is 13.2. The third-order valence-corrected chi connectivity index (χ3v) is 3.39. The maximum atomic E-state index is 12.9. The van der Waals surface area contributed by atoms with Gasteiger partial charge in [-0.15, -0.1) is 0 Å². The summed E-state index contributed by atoms with van der Waals surface area (Å²) in [5.41, 5.74) is 0.737. The third-order valence-electron chi connectivity index (χ3n) is 3.39. The maximum absolute atomic E-state index is 12.9. The SMILES string of the molecule is O=C(C=Cc1ccc(F)cc1)NC(Cn1cncn1)Cn1cncn1. The van der Waals surface area contributed by atoms with Crippen LogP contribution in [0.2, 0.25) is 0 Å². The summed E-state index contributed by atoms with van der Waals surface area (Å²) < 4.78 is 16.1. The number of hydrogen-bond donors (Lipinski definition) is 1. The molecule has 0 unspecified atom stereocenters. The minimum Gasteiger partial charge on any atom is -0.346 e. The Balaban J connectivity index is 1.63. The van der Waals surface area contributed by atoms with Crippen LogP contribution in [-0.4, -0.2) is 41.5 Å². The molecule has 3 rings (SSSR count). The van der Waals surface area contributed by atoms with E-state index in [1.807, 2.05) is 0 Å². The Kier molecular flexibility index (Phi) is 5.25. The number of carbonyl (C=O) groups is 1. The first-order chi connectivity index (χ1) is 12.2. The second kappa shape index (κ2) is 7.95. The summed E-state index contributed by atoms with van der Waals surface area (Å²) in [5, 5.41) is 11.0. The summed E-state index contributed by atoms with van der Waals surface area (Å²) in [5.74, 6) is -0.586. The second-order valence-corrected chi connectivity index (χ2v) is 5.33. The first-order valence-corrected chi connectivity index (χ1v) is 7.58. The number of amides is 1. The molecule has 1 amide bonds. The minimum absolute atomic E-state index is 0.256. The van der Waals surface area contributed by atoms with Crippen LogP contribution in [0.25, 0.3) is 6.08 Å². The quantitative estimate of drug-likeness (QED) is 0.645. The zero-order chi connectivity index (χ0) is 17.5. The van der Waals surface area contributed by atoms with Crippen molar-refractivity contribution in [1.29, 1.82) is 0 Å². The van der Waals surface area contributed by atoms with Gasteiger partial charge in [-0.3, -0.25) is 14.2 Å². The molecule has 1 N–H and O–H groups in total. The molecule has 0 saturated carbocycles. The molecule has 0 atom stereocenters. The molecule has 9 heteroatoms. The number of aromatic nitrogens is 6. The van der Waals surface area contributed by atoms with Gasteiger partial charge in [-0.25, -0.2) is 14.4 Å². The molecule has 128 valence electrons. The highest BCUT2D eigenvalue weighted by Crippen LogP contribution is 2.04. The normalized spacial score (nSPS) is 11.3. The van der Waals surface area contributed by atoms with Crippen molar-refractivity contribution >= 4 is 12.0 Å². The largest absolute Gasteiger partial charge is 0.346 e. The molecule has 2 aromatic heterocycles. The predicted octanol–water partition coefficient (Wildman–Crippen LogP) is 0.907. The fraction of sp³-hybridized carbons (Fsp3) is 0.188. The van der Waals surface area contributed by atoms with Gasteiger partial charge in [0.15, 0.2) is 0 Å². The van der Waals surface area contributed by atoms with E-state index < -0.39 is 0 Å². The highest BCUT2D eigenvalue weighted by Gasteiger charge is 2.13. The molecule has 0 radical (unpaired) electrons. The summed E-state index contributed by atoms with van der Waals surface area (Å²) in [6.07, 6.45) is 9.05. The Hall–Kier alpha value is -3.36. The van der Waals surface area contributed by atoms with Crippen molar-refractivity contribution in [3.8, 4) is 0 Å². The lowest BCUT2D eigenvalue weighted by Crippen LogP contribution is -2.40. The molecule has 3 aromatic rings. The van der Waals surface area contributed by atoms with Crippen molar-refractivity contribution < 1.29 is 9.18 Å². The molecule has 25 heavy (non-hydrogen) atoms. The van der Waals surface area contributed by atoms with E-state index in [2.05, 4.69) is 25.5 Å². The zero-order valence-corrected chi connectivity index (χ0v) is 13.2. The van der Waals surface area contributed by atoms with E-state index in [0.29, 0.717) is 13.1 Å². The highest BCUT2D eigenvalue weighted by molar-refractivity contribution is 5.91. The van der Waals surface area contributed by atoms with Crippen molar-refractivity contribution in [3.63, 3.8) is 0 Å². The van der Waals surface area contributed by atoms with Gasteiger partial charge < -0.3 is 5.32 Å². The van der Waals surface area contributed by atoms with E-state index in [1.54, 1.807) is 40.2 Å². The minimum atomic E-state index is -0.317. The average Bonchev–Trinajstić information content (AvgIpc) is 3.28. The van der Waals surface area contributed by atoms with Crippen molar-refractivity contribution in [3.05, 3.63) is 67.0 Å². The number of nitrogens with zero attached hydrogens (tertiary/aromatic N) is 6. The van der Waals surface area contributed by atoms with E-state index in [9.17, 15) is 9.18 Å². The van der Waals surface area contributed by atoms with Gasteiger partial charge in [0, 0.05) is 6.08 Å². The van der Waals surface area contributed by atoms with Crippen LogP contribution in [0.5, 0.6) is 0 Å². The summed E-state index contributed by atoms with van der Waals surface area (Å²) in [7, 11) is 0. The Morgan fingerprint density at radius 1 is 1.08 bits per heavy atom. The summed E-state index contributed by atoms with van der Waals surface area (Å²) in [4.78, 5) is 20.0. The first-order valence-electron chi connectivity index (χ1n) is 7.58. The number of halogens is 1. The van der Waals surface area contributed by atoms with Gasteiger partial charge >= 0.3 is 0 Å². The summed E-state index contributed by atoms with van der Waals surface area (Å²) in [6.45, 7) is 0.881. The van der Waals surface area contributed by atoms with Crippen LogP contribution in [0.15, 0.2) is 55.7 Å². The number of benzene rings is 1. The van der Waals surface area contributed by atoms with Crippen LogP contribution >= 0.6 is 0 Å². The van der Waals surface area contributed by atoms with E-state index in [4.69, 9.17) is 0 Å². The monoisotopic (exact) mass is 341 g/mol. The highest BCUT2D eigenvalue weighted by atomic mass is 19.1. The number of nitrogens with one attached hydrogen (secondary N) is 1. The fourth-order valence-electron chi connectivity index (χ4n) is 2.25. The molecule has 0 bridgehead atoms. The average molecular weight is 341 g/mol. The molecule has 0 aliphatic heterocycles. The topological polar surface area (TPSA) is 90.5 Å². The van der Waals surface area contributed by atoms with Crippen LogP contribution in [0.4, 0.5) is 4.39 Å². The van der Waals surface area contributed by atoms with Crippen LogP contribution in [0.3, 0.4) is 0 Å². The Morgan fingerprint density at radius 2 is 1.68 bits per heavy atom. The van der Waals surface area contributed by atoms with E-state index in [-0.39, 0.29) is 17.8 Å². The summed E-state index contributed by atoms with van der Waals surface area (Å²) >= 11 is 0. The van der Waals surface area contributed by atoms with Gasteiger partial charge in [-0.1, -0.05) is 12.1 Å². The van der Waals surface area contributed by atoms with Gasteiger partial charge in [-0.2, -0.15) is 10.2 Å². The molecule has 2 heterocycles. The van der Waals surface area contributed by atoms with Gasteiger partial charge in [0.2, 0.25) is 5.91 Å². The van der Waals surface area contributed by atoms with Crippen molar-refractivity contribution in [2.75, 3.05) is 0 Å². The third kappa shape index (κ3) is 5.06. The maximum Gasteiger partial charge on any atom is 0.244 e. The molecule has 0 spiro atoms. The van der Waals surface area contributed by atoms with Gasteiger partial charge in [-0.05, 0) is 23.8 Å². The number of hydrogen-bond acceptors (Lipinski definition) is 5. The van der Waals surface area contributed by atoms with Crippen molar-refractivity contribution in [2.45, 2.75) is 19.1 Å². The van der Waals surface area contributed by atoms with Crippen LogP contribution in [-0.2, 0) is 17.9 Å². The van der Waals surface area contributed by atoms with Crippen LogP contribution in [0, 0.1) is 5.82 Å². The van der Waals surface area contributed by atoms with E-state index >= 15 is 0 Å². The molecule has 0 aliphatic rings. The first kappa shape index (κ1) is 16.5. The van der Waals surface area contributed by atoms with Gasteiger partial charge in [0.25, 0.3) is 0 Å². The Labute approximate surface area is 143 Å². The fourth-order valence-corrected chi connectivity index (χ4v) is 2.25.